The van der Waals surface area contributed by atoms with Crippen molar-refractivity contribution in [3.05, 3.63) is 47.8 Å². The lowest BCUT2D eigenvalue weighted by molar-refractivity contribution is 0.0692. The molecule has 0 radical (unpaired) electrons. The fourth-order valence-electron chi connectivity index (χ4n) is 1.98. The maximum atomic E-state index is 13.8. The van der Waals surface area contributed by atoms with Crippen LogP contribution in [0.25, 0.3) is 0 Å². The highest BCUT2D eigenvalue weighted by atomic mass is 19.1. The van der Waals surface area contributed by atoms with E-state index in [1.807, 2.05) is 0 Å². The fraction of sp³-hybridized carbons (Fsp3) is 0.133. The molecule has 0 aliphatic carbocycles. The average molecular weight is 290 g/mol. The Morgan fingerprint density at radius 2 is 1.90 bits per heavy atom. The Morgan fingerprint density at radius 3 is 2.43 bits per heavy atom. The topological polar surface area (TPSA) is 75.8 Å². The Balaban J connectivity index is 2.40. The van der Waals surface area contributed by atoms with Crippen LogP contribution in [-0.2, 0) is 0 Å². The number of carboxylic acid groups (broad SMARTS) is 1. The van der Waals surface area contributed by atoms with Crippen LogP contribution in [0.5, 0.6) is 5.75 Å². The van der Waals surface area contributed by atoms with Gasteiger partial charge in [0.1, 0.15) is 11.6 Å². The number of carbonyl (C=O) groups is 1. The van der Waals surface area contributed by atoms with Crippen LogP contribution in [0.3, 0.4) is 0 Å². The smallest absolute Gasteiger partial charge is 0.338 e. The van der Waals surface area contributed by atoms with Crippen molar-refractivity contribution in [2.24, 2.45) is 0 Å². The SMILES string of the molecule is COc1ccc(N(C)c2cc(F)c(C(=O)O)cc2N)cc1. The molecule has 2 rings (SSSR count). The molecule has 0 amide bonds. The second-order valence-electron chi connectivity index (χ2n) is 4.45. The number of methoxy groups -OCH3 is 1. The number of hydrogen-bond acceptors (Lipinski definition) is 4. The van der Waals surface area contributed by atoms with Crippen molar-refractivity contribution in [2.75, 3.05) is 24.8 Å². The zero-order valence-corrected chi connectivity index (χ0v) is 11.6. The molecule has 0 heterocycles. The lowest BCUT2D eigenvalue weighted by Crippen LogP contribution is -2.13. The van der Waals surface area contributed by atoms with Crippen molar-refractivity contribution in [3.63, 3.8) is 0 Å². The molecule has 0 atom stereocenters. The summed E-state index contributed by atoms with van der Waals surface area (Å²) in [5.41, 5.74) is 6.73. The van der Waals surface area contributed by atoms with Gasteiger partial charge in [0.25, 0.3) is 0 Å². The van der Waals surface area contributed by atoms with Gasteiger partial charge in [-0.15, -0.1) is 0 Å². The molecule has 0 saturated heterocycles. The zero-order valence-electron chi connectivity index (χ0n) is 11.6. The molecule has 0 spiro atoms. The number of anilines is 3. The van der Waals surface area contributed by atoms with Crippen molar-refractivity contribution in [2.45, 2.75) is 0 Å². The van der Waals surface area contributed by atoms with E-state index < -0.39 is 17.3 Å². The number of nitrogen functional groups attached to an aromatic ring is 1. The number of rotatable bonds is 4. The van der Waals surface area contributed by atoms with Crippen LogP contribution in [-0.4, -0.2) is 25.2 Å². The van der Waals surface area contributed by atoms with E-state index in [1.165, 1.54) is 0 Å². The molecule has 21 heavy (non-hydrogen) atoms. The van der Waals surface area contributed by atoms with Crippen molar-refractivity contribution < 1.29 is 19.0 Å². The van der Waals surface area contributed by atoms with Crippen LogP contribution in [0.1, 0.15) is 10.4 Å². The molecule has 0 aliphatic rings. The first-order valence-corrected chi connectivity index (χ1v) is 6.14. The molecule has 5 nitrogen and oxygen atoms in total. The summed E-state index contributed by atoms with van der Waals surface area (Å²) in [5, 5.41) is 8.87. The molecular formula is C15H15FN2O3. The first kappa shape index (κ1) is 14.6. The van der Waals surface area contributed by atoms with Crippen molar-refractivity contribution in [1.82, 2.24) is 0 Å². The van der Waals surface area contributed by atoms with Crippen molar-refractivity contribution in [3.8, 4) is 5.75 Å². The minimum absolute atomic E-state index is 0.187. The maximum absolute atomic E-state index is 13.8. The van der Waals surface area contributed by atoms with Gasteiger partial charge in [0.15, 0.2) is 0 Å². The Bertz CT molecular complexity index is 671. The number of halogens is 1. The van der Waals surface area contributed by atoms with Gasteiger partial charge in [-0.2, -0.15) is 0 Å². The van der Waals surface area contributed by atoms with Gasteiger partial charge >= 0.3 is 5.97 Å². The Morgan fingerprint density at radius 1 is 1.29 bits per heavy atom. The third kappa shape index (κ3) is 2.89. The molecular weight excluding hydrogens is 275 g/mol. The Labute approximate surface area is 121 Å². The van der Waals surface area contributed by atoms with Crippen LogP contribution in [0.4, 0.5) is 21.5 Å². The molecule has 0 aromatic heterocycles. The van der Waals surface area contributed by atoms with E-state index in [1.54, 1.807) is 43.3 Å². The fourth-order valence-corrected chi connectivity index (χ4v) is 1.98. The summed E-state index contributed by atoms with van der Waals surface area (Å²) in [5.74, 6) is -1.47. The molecule has 0 saturated carbocycles. The molecule has 2 aromatic rings. The number of aromatic carboxylic acids is 1. The number of hydrogen-bond donors (Lipinski definition) is 2. The summed E-state index contributed by atoms with van der Waals surface area (Å²) in [7, 11) is 3.28. The number of nitrogens with two attached hydrogens (primary N) is 1. The minimum atomic E-state index is -1.35. The third-order valence-electron chi connectivity index (χ3n) is 3.17. The normalized spacial score (nSPS) is 10.2. The third-order valence-corrected chi connectivity index (χ3v) is 3.17. The first-order chi connectivity index (χ1) is 9.93. The van der Waals surface area contributed by atoms with Crippen LogP contribution in [0.2, 0.25) is 0 Å². The van der Waals surface area contributed by atoms with Gasteiger partial charge in [-0.3, -0.25) is 0 Å². The Kier molecular flexibility index (Phi) is 3.98. The zero-order chi connectivity index (χ0) is 15.6. The number of benzene rings is 2. The summed E-state index contributed by atoms with van der Waals surface area (Å²) in [6, 6.07) is 9.35. The molecule has 0 unspecified atom stereocenters. The van der Waals surface area contributed by atoms with Gasteiger partial charge in [0.2, 0.25) is 0 Å². The van der Waals surface area contributed by atoms with Gasteiger partial charge in [0, 0.05) is 18.8 Å². The summed E-state index contributed by atoms with van der Waals surface area (Å²) in [6.45, 7) is 0. The molecule has 3 N–H and O–H groups in total. The monoisotopic (exact) mass is 290 g/mol. The van der Waals surface area contributed by atoms with E-state index in [9.17, 15) is 9.18 Å². The summed E-state index contributed by atoms with van der Waals surface area (Å²) < 4.78 is 18.9. The minimum Gasteiger partial charge on any atom is -0.497 e. The lowest BCUT2D eigenvalue weighted by Gasteiger charge is -2.22. The van der Waals surface area contributed by atoms with Crippen LogP contribution in [0, 0.1) is 5.82 Å². The van der Waals surface area contributed by atoms with Crippen molar-refractivity contribution in [1.29, 1.82) is 0 Å². The van der Waals surface area contributed by atoms with E-state index in [0.29, 0.717) is 11.4 Å². The van der Waals surface area contributed by atoms with E-state index >= 15 is 0 Å². The number of ether oxygens (including phenoxy) is 1. The highest BCUT2D eigenvalue weighted by Crippen LogP contribution is 2.32. The second-order valence-corrected chi connectivity index (χ2v) is 4.45. The van der Waals surface area contributed by atoms with Gasteiger partial charge in [-0.1, -0.05) is 0 Å². The van der Waals surface area contributed by atoms with E-state index in [0.717, 1.165) is 17.8 Å². The average Bonchev–Trinajstić information content (AvgIpc) is 2.48. The number of nitrogens with zero attached hydrogens (tertiary/aromatic N) is 1. The van der Waals surface area contributed by atoms with Gasteiger partial charge in [-0.05, 0) is 30.3 Å². The first-order valence-electron chi connectivity index (χ1n) is 6.14. The Hall–Kier alpha value is -2.76. The molecule has 0 fully saturated rings. The van der Waals surface area contributed by atoms with Crippen LogP contribution < -0.4 is 15.4 Å². The standard InChI is InChI=1S/C15H15FN2O3/c1-18(9-3-5-10(21-2)6-4-9)14-8-12(16)11(15(19)20)7-13(14)17/h3-8H,17H2,1-2H3,(H,19,20). The molecule has 2 aromatic carbocycles. The van der Waals surface area contributed by atoms with Crippen LogP contribution in [0.15, 0.2) is 36.4 Å². The summed E-state index contributed by atoms with van der Waals surface area (Å²) in [4.78, 5) is 12.5. The molecule has 6 heteroatoms. The predicted molar refractivity (Wildman–Crippen MR) is 78.8 cm³/mol. The van der Waals surface area contributed by atoms with E-state index in [4.69, 9.17) is 15.6 Å². The largest absolute Gasteiger partial charge is 0.497 e. The van der Waals surface area contributed by atoms with Crippen LogP contribution >= 0.6 is 0 Å². The van der Waals surface area contributed by atoms with E-state index in [2.05, 4.69) is 0 Å². The number of carboxylic acids is 1. The van der Waals surface area contributed by atoms with Crippen molar-refractivity contribution >= 4 is 23.0 Å². The second kappa shape index (κ2) is 5.70. The molecule has 110 valence electrons. The molecule has 0 bridgehead atoms. The lowest BCUT2D eigenvalue weighted by atomic mass is 10.1. The van der Waals surface area contributed by atoms with Gasteiger partial charge in [-0.25, -0.2) is 9.18 Å². The van der Waals surface area contributed by atoms with Gasteiger partial charge < -0.3 is 20.5 Å². The highest BCUT2D eigenvalue weighted by Gasteiger charge is 2.16. The molecule has 0 aliphatic heterocycles. The highest BCUT2D eigenvalue weighted by molar-refractivity contribution is 5.91. The maximum Gasteiger partial charge on any atom is 0.338 e. The van der Waals surface area contributed by atoms with E-state index in [-0.39, 0.29) is 5.69 Å². The summed E-state index contributed by atoms with van der Waals surface area (Å²) in [6.07, 6.45) is 0. The quantitative estimate of drug-likeness (QED) is 0.847. The predicted octanol–water partition coefficient (Wildman–Crippen LogP) is 2.88. The van der Waals surface area contributed by atoms with Gasteiger partial charge in [0.05, 0.1) is 24.0 Å². The summed E-state index contributed by atoms with van der Waals surface area (Å²) >= 11 is 0.